The van der Waals surface area contributed by atoms with Crippen molar-refractivity contribution >= 4 is 11.0 Å². The largest absolute Gasteiger partial charge is 0.330 e. The number of rotatable bonds is 1. The summed E-state index contributed by atoms with van der Waals surface area (Å²) in [5, 5.41) is 0. The van der Waals surface area contributed by atoms with Crippen molar-refractivity contribution in [1.82, 2.24) is 9.55 Å². The van der Waals surface area contributed by atoms with Crippen molar-refractivity contribution in [3.63, 3.8) is 0 Å². The third-order valence-corrected chi connectivity index (χ3v) is 3.98. The van der Waals surface area contributed by atoms with Gasteiger partial charge in [0.1, 0.15) is 5.82 Å². The fourth-order valence-electron chi connectivity index (χ4n) is 2.98. The predicted octanol–water partition coefficient (Wildman–Crippen LogP) is 2.61. The first-order chi connectivity index (χ1) is 8.10. The number of hydrogen-bond donors (Lipinski definition) is 1. The normalized spacial score (nSPS) is 19.0. The van der Waals surface area contributed by atoms with Crippen LogP contribution in [0.25, 0.3) is 11.0 Å². The van der Waals surface area contributed by atoms with Crippen LogP contribution in [0.15, 0.2) is 18.2 Å². The van der Waals surface area contributed by atoms with Crippen LogP contribution in [0.2, 0.25) is 0 Å². The van der Waals surface area contributed by atoms with Gasteiger partial charge < -0.3 is 10.3 Å². The quantitative estimate of drug-likeness (QED) is 0.817. The van der Waals surface area contributed by atoms with Gasteiger partial charge in [0.2, 0.25) is 0 Å². The molecule has 1 saturated carbocycles. The molecule has 0 saturated heterocycles. The minimum absolute atomic E-state index is 0.207. The molecule has 0 spiro atoms. The van der Waals surface area contributed by atoms with Gasteiger partial charge >= 0.3 is 0 Å². The molecule has 0 amide bonds. The van der Waals surface area contributed by atoms with E-state index in [1.807, 2.05) is 0 Å². The smallest absolute Gasteiger partial charge is 0.129 e. The Bertz CT molecular complexity index is 562. The Morgan fingerprint density at radius 1 is 1.29 bits per heavy atom. The van der Waals surface area contributed by atoms with E-state index in [-0.39, 0.29) is 5.54 Å². The topological polar surface area (TPSA) is 43.8 Å². The van der Waals surface area contributed by atoms with Crippen molar-refractivity contribution in [1.29, 1.82) is 0 Å². The fourth-order valence-corrected chi connectivity index (χ4v) is 2.98. The van der Waals surface area contributed by atoms with E-state index in [1.165, 1.54) is 23.9 Å². The summed E-state index contributed by atoms with van der Waals surface area (Å²) in [5.74, 6) is 1.05. The molecule has 1 aliphatic rings. The van der Waals surface area contributed by atoms with Crippen molar-refractivity contribution in [2.45, 2.75) is 38.1 Å². The molecule has 1 heterocycles. The van der Waals surface area contributed by atoms with Crippen LogP contribution in [-0.2, 0) is 12.6 Å². The standard InChI is InChI=1S/C14H19N3/c1-10-5-6-12-11(9-10)16-13(17(12)2)14(15)7-3-4-8-14/h5-6,9H,3-4,7-8,15H2,1-2H3. The summed E-state index contributed by atoms with van der Waals surface area (Å²) in [6.45, 7) is 2.10. The molecule has 2 N–H and O–H groups in total. The molecule has 2 aromatic rings. The number of nitrogens with two attached hydrogens (primary N) is 1. The number of aryl methyl sites for hydroxylation is 2. The van der Waals surface area contributed by atoms with Gasteiger partial charge in [-0.05, 0) is 37.5 Å². The maximum Gasteiger partial charge on any atom is 0.129 e. The lowest BCUT2D eigenvalue weighted by Crippen LogP contribution is -2.36. The minimum Gasteiger partial charge on any atom is -0.330 e. The summed E-state index contributed by atoms with van der Waals surface area (Å²) in [5.41, 5.74) is 9.79. The second-order valence-electron chi connectivity index (χ2n) is 5.35. The average molecular weight is 229 g/mol. The summed E-state index contributed by atoms with van der Waals surface area (Å²) >= 11 is 0. The minimum atomic E-state index is -0.207. The first kappa shape index (κ1) is 10.8. The number of imidazole rings is 1. The molecule has 3 rings (SSSR count). The first-order valence-corrected chi connectivity index (χ1v) is 6.33. The highest BCUT2D eigenvalue weighted by Crippen LogP contribution is 2.36. The average Bonchev–Trinajstić information content (AvgIpc) is 2.85. The molecule has 90 valence electrons. The summed E-state index contributed by atoms with van der Waals surface area (Å²) in [7, 11) is 2.08. The van der Waals surface area contributed by atoms with Gasteiger partial charge in [-0.3, -0.25) is 0 Å². The summed E-state index contributed by atoms with van der Waals surface area (Å²) in [6, 6.07) is 6.41. The van der Waals surface area contributed by atoms with Crippen LogP contribution in [0, 0.1) is 6.92 Å². The van der Waals surface area contributed by atoms with E-state index in [0.717, 1.165) is 24.2 Å². The Labute approximate surface area is 102 Å². The molecular weight excluding hydrogens is 210 g/mol. The second kappa shape index (κ2) is 3.57. The SMILES string of the molecule is Cc1ccc2c(c1)nc(C1(N)CCCC1)n2C. The van der Waals surface area contributed by atoms with E-state index in [0.29, 0.717) is 0 Å². The summed E-state index contributed by atoms with van der Waals surface area (Å²) in [6.07, 6.45) is 4.56. The first-order valence-electron chi connectivity index (χ1n) is 6.33. The molecule has 1 fully saturated rings. The third kappa shape index (κ3) is 1.57. The van der Waals surface area contributed by atoms with Gasteiger partial charge in [0.25, 0.3) is 0 Å². The van der Waals surface area contributed by atoms with Crippen molar-refractivity contribution < 1.29 is 0 Å². The number of benzene rings is 1. The maximum atomic E-state index is 6.50. The van der Waals surface area contributed by atoms with E-state index < -0.39 is 0 Å². The number of nitrogens with zero attached hydrogens (tertiary/aromatic N) is 2. The highest BCUT2D eigenvalue weighted by Gasteiger charge is 2.35. The van der Waals surface area contributed by atoms with E-state index in [9.17, 15) is 0 Å². The second-order valence-corrected chi connectivity index (χ2v) is 5.35. The third-order valence-electron chi connectivity index (χ3n) is 3.98. The lowest BCUT2D eigenvalue weighted by atomic mass is 9.98. The van der Waals surface area contributed by atoms with Gasteiger partial charge in [0.15, 0.2) is 0 Å². The van der Waals surface area contributed by atoms with Crippen molar-refractivity contribution in [3.8, 4) is 0 Å². The Kier molecular flexibility index (Phi) is 2.26. The van der Waals surface area contributed by atoms with Crippen LogP contribution in [0.5, 0.6) is 0 Å². The molecule has 3 heteroatoms. The van der Waals surface area contributed by atoms with E-state index in [1.54, 1.807) is 0 Å². The Hall–Kier alpha value is -1.35. The lowest BCUT2D eigenvalue weighted by Gasteiger charge is -2.22. The summed E-state index contributed by atoms with van der Waals surface area (Å²) < 4.78 is 2.17. The highest BCUT2D eigenvalue weighted by atomic mass is 15.1. The van der Waals surface area contributed by atoms with Crippen molar-refractivity contribution in [3.05, 3.63) is 29.6 Å². The van der Waals surface area contributed by atoms with Crippen molar-refractivity contribution in [2.75, 3.05) is 0 Å². The molecule has 0 bridgehead atoms. The highest BCUT2D eigenvalue weighted by molar-refractivity contribution is 5.77. The van der Waals surface area contributed by atoms with Crippen LogP contribution >= 0.6 is 0 Å². The zero-order valence-corrected chi connectivity index (χ0v) is 10.5. The molecule has 17 heavy (non-hydrogen) atoms. The Morgan fingerprint density at radius 3 is 2.71 bits per heavy atom. The zero-order valence-electron chi connectivity index (χ0n) is 10.5. The van der Waals surface area contributed by atoms with Gasteiger partial charge in [-0.15, -0.1) is 0 Å². The van der Waals surface area contributed by atoms with E-state index in [2.05, 4.69) is 36.7 Å². The monoisotopic (exact) mass is 229 g/mol. The van der Waals surface area contributed by atoms with Gasteiger partial charge in [-0.25, -0.2) is 4.98 Å². The predicted molar refractivity (Wildman–Crippen MR) is 69.8 cm³/mol. The van der Waals surface area contributed by atoms with Gasteiger partial charge in [-0.1, -0.05) is 18.9 Å². The van der Waals surface area contributed by atoms with E-state index >= 15 is 0 Å². The zero-order chi connectivity index (χ0) is 12.0. The Balaban J connectivity index is 2.20. The van der Waals surface area contributed by atoms with Crippen molar-refractivity contribution in [2.24, 2.45) is 12.8 Å². The molecule has 1 aliphatic carbocycles. The van der Waals surface area contributed by atoms with Gasteiger partial charge in [0, 0.05) is 7.05 Å². The van der Waals surface area contributed by atoms with Gasteiger partial charge in [0.05, 0.1) is 16.6 Å². The van der Waals surface area contributed by atoms with Crippen LogP contribution in [0.4, 0.5) is 0 Å². The molecule has 0 unspecified atom stereocenters. The molecule has 1 aromatic carbocycles. The number of aromatic nitrogens is 2. The van der Waals surface area contributed by atoms with Gasteiger partial charge in [-0.2, -0.15) is 0 Å². The number of hydrogen-bond acceptors (Lipinski definition) is 2. The molecular formula is C14H19N3. The van der Waals surface area contributed by atoms with Crippen LogP contribution in [0.3, 0.4) is 0 Å². The lowest BCUT2D eigenvalue weighted by molar-refractivity contribution is 0.420. The van der Waals surface area contributed by atoms with Crippen LogP contribution in [-0.4, -0.2) is 9.55 Å². The molecule has 0 aliphatic heterocycles. The maximum absolute atomic E-state index is 6.50. The Morgan fingerprint density at radius 2 is 2.00 bits per heavy atom. The fraction of sp³-hybridized carbons (Fsp3) is 0.500. The molecule has 1 aromatic heterocycles. The molecule has 0 atom stereocenters. The molecule has 3 nitrogen and oxygen atoms in total. The van der Waals surface area contributed by atoms with Crippen LogP contribution in [0.1, 0.15) is 37.1 Å². The van der Waals surface area contributed by atoms with Crippen LogP contribution < -0.4 is 5.73 Å². The molecule has 0 radical (unpaired) electrons. The summed E-state index contributed by atoms with van der Waals surface area (Å²) in [4.78, 5) is 4.76. The number of fused-ring (bicyclic) bond motifs is 1. The van der Waals surface area contributed by atoms with E-state index in [4.69, 9.17) is 10.7 Å².